The molecule has 0 aromatic carbocycles. The summed E-state index contributed by atoms with van der Waals surface area (Å²) in [5, 5.41) is 11.2. The van der Waals surface area contributed by atoms with Crippen LogP contribution in [-0.2, 0) is 26.1 Å². The van der Waals surface area contributed by atoms with Crippen molar-refractivity contribution in [2.75, 3.05) is 39.4 Å². The molecule has 1 amide bonds. The average molecular weight is 411 g/mol. The van der Waals surface area contributed by atoms with Crippen molar-refractivity contribution in [3.05, 3.63) is 18.0 Å². The number of carbonyl (C=O) groups excluding carboxylic acids is 1. The van der Waals surface area contributed by atoms with Crippen molar-refractivity contribution in [1.82, 2.24) is 19.6 Å². The Morgan fingerprint density at radius 3 is 2.62 bits per heavy atom. The number of amides is 1. The molecule has 0 aliphatic carbocycles. The van der Waals surface area contributed by atoms with Gasteiger partial charge in [0.25, 0.3) is 6.47 Å². The number of morpholine rings is 1. The molecular formula is C20H34N4O5. The standard InChI is InChI=1S/C19H32N4O3.CH2O2/c1-15(2)26-14-18(24)23-9-10-25-17(13-22-7-5-4-6-8-22)19(23)16-11-20-21(3)12-16;2-1-3/h11-12,15,17,19H,4-10,13-14H2,1-3H3;1H,(H,2,3)/t17-,19-;/m0./s1. The fourth-order valence-electron chi connectivity index (χ4n) is 3.87. The van der Waals surface area contributed by atoms with E-state index in [1.54, 1.807) is 4.68 Å². The number of carboxylic acid groups (broad SMARTS) is 1. The van der Waals surface area contributed by atoms with Gasteiger partial charge in [-0.05, 0) is 39.8 Å². The van der Waals surface area contributed by atoms with E-state index < -0.39 is 0 Å². The highest BCUT2D eigenvalue weighted by atomic mass is 16.5. The second-order valence-electron chi connectivity index (χ2n) is 7.71. The van der Waals surface area contributed by atoms with E-state index in [0.29, 0.717) is 13.2 Å². The van der Waals surface area contributed by atoms with Crippen molar-refractivity contribution < 1.29 is 24.2 Å². The fourth-order valence-corrected chi connectivity index (χ4v) is 3.87. The lowest BCUT2D eigenvalue weighted by Gasteiger charge is -2.43. The van der Waals surface area contributed by atoms with Crippen molar-refractivity contribution in [2.24, 2.45) is 7.05 Å². The van der Waals surface area contributed by atoms with E-state index in [4.69, 9.17) is 19.4 Å². The molecule has 164 valence electrons. The number of hydrogen-bond acceptors (Lipinski definition) is 6. The molecule has 0 bridgehead atoms. The molecule has 3 heterocycles. The predicted molar refractivity (Wildman–Crippen MR) is 107 cm³/mol. The highest BCUT2D eigenvalue weighted by molar-refractivity contribution is 5.78. The maximum Gasteiger partial charge on any atom is 0.290 e. The van der Waals surface area contributed by atoms with Gasteiger partial charge in [0.1, 0.15) is 6.61 Å². The van der Waals surface area contributed by atoms with Crippen LogP contribution in [0.4, 0.5) is 0 Å². The molecule has 0 unspecified atom stereocenters. The summed E-state index contributed by atoms with van der Waals surface area (Å²) in [4.78, 5) is 25.6. The second-order valence-corrected chi connectivity index (χ2v) is 7.71. The number of rotatable bonds is 6. The molecule has 0 spiro atoms. The van der Waals surface area contributed by atoms with Gasteiger partial charge in [0, 0.05) is 31.9 Å². The summed E-state index contributed by atoms with van der Waals surface area (Å²) in [6.07, 6.45) is 7.66. The monoisotopic (exact) mass is 410 g/mol. The Balaban J connectivity index is 0.000000941. The van der Waals surface area contributed by atoms with Gasteiger partial charge in [-0.15, -0.1) is 0 Å². The van der Waals surface area contributed by atoms with Crippen molar-refractivity contribution in [1.29, 1.82) is 0 Å². The summed E-state index contributed by atoms with van der Waals surface area (Å²) < 4.78 is 13.5. The molecule has 2 saturated heterocycles. The first-order valence-electron chi connectivity index (χ1n) is 10.3. The van der Waals surface area contributed by atoms with Crippen LogP contribution in [-0.4, -0.2) is 88.7 Å². The number of likely N-dealkylation sites (tertiary alicyclic amines) is 1. The minimum Gasteiger partial charge on any atom is -0.483 e. The third-order valence-electron chi connectivity index (χ3n) is 5.17. The maximum atomic E-state index is 12.8. The van der Waals surface area contributed by atoms with Gasteiger partial charge in [-0.2, -0.15) is 5.10 Å². The molecule has 1 N–H and O–H groups in total. The average Bonchev–Trinajstić information content (AvgIpc) is 3.13. The van der Waals surface area contributed by atoms with Gasteiger partial charge in [-0.1, -0.05) is 6.42 Å². The van der Waals surface area contributed by atoms with Gasteiger partial charge in [-0.25, -0.2) is 0 Å². The number of carbonyl (C=O) groups is 2. The molecule has 29 heavy (non-hydrogen) atoms. The summed E-state index contributed by atoms with van der Waals surface area (Å²) in [6.45, 7) is 8.01. The van der Waals surface area contributed by atoms with Crippen molar-refractivity contribution in [2.45, 2.75) is 51.4 Å². The Labute approximate surface area is 172 Å². The van der Waals surface area contributed by atoms with Crippen LogP contribution < -0.4 is 0 Å². The largest absolute Gasteiger partial charge is 0.483 e. The summed E-state index contributed by atoms with van der Waals surface area (Å²) in [6, 6.07) is -0.109. The molecule has 9 heteroatoms. The molecule has 9 nitrogen and oxygen atoms in total. The van der Waals surface area contributed by atoms with E-state index in [2.05, 4.69) is 10.00 Å². The molecule has 0 radical (unpaired) electrons. The number of aryl methyl sites for hydroxylation is 1. The zero-order valence-corrected chi connectivity index (χ0v) is 17.7. The number of hydrogen-bond donors (Lipinski definition) is 1. The molecule has 1 aromatic rings. The summed E-state index contributed by atoms with van der Waals surface area (Å²) in [5.74, 6) is 0.0273. The first-order valence-corrected chi connectivity index (χ1v) is 10.3. The van der Waals surface area contributed by atoms with Crippen LogP contribution in [0.5, 0.6) is 0 Å². The van der Waals surface area contributed by atoms with E-state index in [1.165, 1.54) is 19.3 Å². The van der Waals surface area contributed by atoms with Gasteiger partial charge in [0.2, 0.25) is 5.91 Å². The van der Waals surface area contributed by atoms with Crippen LogP contribution >= 0.6 is 0 Å². The normalized spacial score (nSPS) is 22.8. The third kappa shape index (κ3) is 7.09. The zero-order valence-electron chi connectivity index (χ0n) is 17.7. The first kappa shape index (κ1) is 23.3. The maximum absolute atomic E-state index is 12.8. The Morgan fingerprint density at radius 1 is 1.34 bits per heavy atom. The number of nitrogens with zero attached hydrogens (tertiary/aromatic N) is 4. The molecule has 2 aliphatic rings. The molecule has 1 aromatic heterocycles. The quantitative estimate of drug-likeness (QED) is 0.706. The number of aromatic nitrogens is 2. The summed E-state index contributed by atoms with van der Waals surface area (Å²) >= 11 is 0. The van der Waals surface area contributed by atoms with Gasteiger partial charge in [-0.3, -0.25) is 14.3 Å². The molecule has 2 atom stereocenters. The minimum absolute atomic E-state index is 0.0273. The number of piperidine rings is 1. The third-order valence-corrected chi connectivity index (χ3v) is 5.17. The van der Waals surface area contributed by atoms with Crippen LogP contribution in [0.2, 0.25) is 0 Å². The fraction of sp³-hybridized carbons (Fsp3) is 0.750. The molecular weight excluding hydrogens is 376 g/mol. The Kier molecular flexibility index (Phi) is 9.56. The van der Waals surface area contributed by atoms with E-state index >= 15 is 0 Å². The lowest BCUT2D eigenvalue weighted by Crippen LogP contribution is -2.53. The van der Waals surface area contributed by atoms with Gasteiger partial charge in [0.15, 0.2) is 0 Å². The van der Waals surface area contributed by atoms with Crippen molar-refractivity contribution in [3.63, 3.8) is 0 Å². The smallest absolute Gasteiger partial charge is 0.290 e. The second kappa shape index (κ2) is 11.9. The molecule has 3 rings (SSSR count). The van der Waals surface area contributed by atoms with Crippen LogP contribution in [0, 0.1) is 0 Å². The summed E-state index contributed by atoms with van der Waals surface area (Å²) in [5.41, 5.74) is 1.03. The first-order chi connectivity index (χ1) is 14.0. The topological polar surface area (TPSA) is 97.1 Å². The van der Waals surface area contributed by atoms with E-state index in [0.717, 1.165) is 25.2 Å². The van der Waals surface area contributed by atoms with Gasteiger partial charge >= 0.3 is 0 Å². The van der Waals surface area contributed by atoms with Crippen LogP contribution in [0.3, 0.4) is 0 Å². The Morgan fingerprint density at radius 2 is 2.03 bits per heavy atom. The van der Waals surface area contributed by atoms with E-state index in [9.17, 15) is 4.79 Å². The van der Waals surface area contributed by atoms with Gasteiger partial charge in [0.05, 0.1) is 31.1 Å². The van der Waals surface area contributed by atoms with E-state index in [-0.39, 0.29) is 37.2 Å². The number of ether oxygens (including phenoxy) is 2. The van der Waals surface area contributed by atoms with Crippen molar-refractivity contribution in [3.8, 4) is 0 Å². The van der Waals surface area contributed by atoms with E-state index in [1.807, 2.05) is 38.2 Å². The lowest BCUT2D eigenvalue weighted by atomic mass is 9.99. The zero-order chi connectivity index (χ0) is 21.2. The highest BCUT2D eigenvalue weighted by Crippen LogP contribution is 2.30. The van der Waals surface area contributed by atoms with Gasteiger partial charge < -0.3 is 24.4 Å². The Bertz CT molecular complexity index is 630. The highest BCUT2D eigenvalue weighted by Gasteiger charge is 2.38. The SMILES string of the molecule is CC(C)OCC(=O)N1CCO[C@@H](CN2CCCCC2)[C@@H]1c1cnn(C)c1.O=CO. The summed E-state index contributed by atoms with van der Waals surface area (Å²) in [7, 11) is 1.90. The molecule has 2 aliphatic heterocycles. The lowest BCUT2D eigenvalue weighted by molar-refractivity contribution is -0.154. The van der Waals surface area contributed by atoms with Crippen LogP contribution in [0.25, 0.3) is 0 Å². The minimum atomic E-state index is -0.250. The van der Waals surface area contributed by atoms with Crippen LogP contribution in [0.15, 0.2) is 12.4 Å². The molecule has 2 fully saturated rings. The van der Waals surface area contributed by atoms with Crippen molar-refractivity contribution >= 4 is 12.4 Å². The Hall–Kier alpha value is -1.97. The van der Waals surface area contributed by atoms with Crippen LogP contribution in [0.1, 0.15) is 44.7 Å². The molecule has 0 saturated carbocycles. The predicted octanol–water partition coefficient (Wildman–Crippen LogP) is 1.30.